The molecule has 0 radical (unpaired) electrons. The first-order valence-corrected chi connectivity index (χ1v) is 21.9. The van der Waals surface area contributed by atoms with Crippen LogP contribution < -0.4 is 5.73 Å². The summed E-state index contributed by atoms with van der Waals surface area (Å²) >= 11 is 0. The largest absolute Gasteiger partial charge is 0.472 e. The van der Waals surface area contributed by atoms with Gasteiger partial charge in [0.05, 0.1) is 13.2 Å². The van der Waals surface area contributed by atoms with E-state index < -0.39 is 32.5 Å². The maximum atomic E-state index is 12.6. The van der Waals surface area contributed by atoms with Gasteiger partial charge in [0.15, 0.2) is 6.10 Å². The summed E-state index contributed by atoms with van der Waals surface area (Å²) in [6, 6.07) is 0. The van der Waals surface area contributed by atoms with Crippen molar-refractivity contribution in [1.29, 1.82) is 0 Å². The molecule has 0 aliphatic heterocycles. The van der Waals surface area contributed by atoms with Gasteiger partial charge in [-0.3, -0.25) is 18.6 Å². The highest BCUT2D eigenvalue weighted by Crippen LogP contribution is 2.43. The molecule has 310 valence electrons. The van der Waals surface area contributed by atoms with Crippen LogP contribution in [-0.2, 0) is 32.7 Å². The molecule has 0 aromatic carbocycles. The van der Waals surface area contributed by atoms with Crippen LogP contribution in [0.5, 0.6) is 0 Å². The molecule has 0 aliphatic carbocycles. The van der Waals surface area contributed by atoms with Gasteiger partial charge < -0.3 is 20.1 Å². The Hall–Kier alpha value is -3.33. The summed E-state index contributed by atoms with van der Waals surface area (Å²) in [5, 5.41) is 0. The lowest BCUT2D eigenvalue weighted by Gasteiger charge is -2.19. The fourth-order valence-corrected chi connectivity index (χ4v) is 5.47. The maximum absolute atomic E-state index is 12.6. The molecule has 0 amide bonds. The molecule has 0 aromatic heterocycles. The second-order valence-electron chi connectivity index (χ2n) is 12.7. The highest BCUT2D eigenvalue weighted by molar-refractivity contribution is 7.47. The van der Waals surface area contributed by atoms with Crippen LogP contribution in [0.2, 0.25) is 0 Å². The Morgan fingerprint density at radius 1 is 0.545 bits per heavy atom. The normalized spacial score (nSPS) is 14.5. The van der Waals surface area contributed by atoms with E-state index in [0.717, 1.165) is 89.9 Å². The van der Waals surface area contributed by atoms with Crippen LogP contribution in [0, 0.1) is 0 Å². The number of ether oxygens (including phenoxy) is 2. The van der Waals surface area contributed by atoms with Crippen LogP contribution in [-0.4, -0.2) is 49.3 Å². The Kier molecular flexibility index (Phi) is 37.9. The van der Waals surface area contributed by atoms with Crippen LogP contribution in [0.1, 0.15) is 129 Å². The van der Waals surface area contributed by atoms with E-state index in [4.69, 9.17) is 24.3 Å². The molecule has 55 heavy (non-hydrogen) atoms. The highest BCUT2D eigenvalue weighted by Gasteiger charge is 2.25. The molecule has 0 saturated heterocycles. The minimum Gasteiger partial charge on any atom is -0.462 e. The van der Waals surface area contributed by atoms with Gasteiger partial charge in [-0.15, -0.1) is 0 Å². The standard InChI is InChI=1S/C45H72NO8P/c1-3-5-7-9-11-13-15-17-19-20-21-22-24-26-28-30-32-34-36-38-45(48)54-43(42-53-55(49,50)52-40-39-46)41-51-44(47)37-35-33-31-29-27-25-23-18-16-14-12-10-8-6-4-2/h5-8,11-14,17-19,21-23,26-29,43H,3-4,9-10,15-16,20,24-25,30-42,46H2,1-2H3,(H,49,50)/t43-/m1/s1. The molecule has 3 N–H and O–H groups in total. The molecule has 0 bridgehead atoms. The van der Waals surface area contributed by atoms with E-state index in [1.807, 2.05) is 0 Å². The van der Waals surface area contributed by atoms with Crippen molar-refractivity contribution >= 4 is 19.8 Å². The highest BCUT2D eigenvalue weighted by atomic mass is 31.2. The molecule has 0 fully saturated rings. The van der Waals surface area contributed by atoms with E-state index >= 15 is 0 Å². The third-order valence-electron chi connectivity index (χ3n) is 7.65. The predicted octanol–water partition coefficient (Wildman–Crippen LogP) is 11.6. The van der Waals surface area contributed by atoms with Crippen LogP contribution in [0.25, 0.3) is 0 Å². The molecular weight excluding hydrogens is 713 g/mol. The van der Waals surface area contributed by atoms with Gasteiger partial charge >= 0.3 is 19.8 Å². The number of phosphoric ester groups is 1. The summed E-state index contributed by atoms with van der Waals surface area (Å²) in [7, 11) is -4.40. The zero-order valence-corrected chi connectivity index (χ0v) is 34.7. The minimum atomic E-state index is -4.40. The number of carbonyl (C=O) groups is 2. The zero-order valence-electron chi connectivity index (χ0n) is 33.9. The fraction of sp³-hybridized carbons (Fsp3) is 0.556. The van der Waals surface area contributed by atoms with Crippen molar-refractivity contribution in [3.63, 3.8) is 0 Å². The van der Waals surface area contributed by atoms with Crippen molar-refractivity contribution in [2.45, 2.75) is 136 Å². The maximum Gasteiger partial charge on any atom is 0.472 e. The number of allylic oxidation sites excluding steroid dienone is 18. The molecule has 0 rings (SSSR count). The van der Waals surface area contributed by atoms with E-state index in [1.165, 1.54) is 0 Å². The van der Waals surface area contributed by atoms with Crippen molar-refractivity contribution < 1.29 is 37.6 Å². The summed E-state index contributed by atoms with van der Waals surface area (Å²) in [4.78, 5) is 34.8. The second kappa shape index (κ2) is 40.3. The van der Waals surface area contributed by atoms with E-state index in [-0.39, 0.29) is 32.6 Å². The van der Waals surface area contributed by atoms with Gasteiger partial charge in [-0.2, -0.15) is 0 Å². The monoisotopic (exact) mass is 785 g/mol. The quantitative estimate of drug-likeness (QED) is 0.0275. The molecule has 9 nitrogen and oxygen atoms in total. The number of unbranched alkanes of at least 4 members (excludes halogenated alkanes) is 5. The summed E-state index contributed by atoms with van der Waals surface area (Å²) in [6.07, 6.45) is 52.7. The lowest BCUT2D eigenvalue weighted by Crippen LogP contribution is -2.29. The number of rotatable bonds is 36. The van der Waals surface area contributed by atoms with Gasteiger partial charge in [0.1, 0.15) is 6.61 Å². The smallest absolute Gasteiger partial charge is 0.462 e. The Morgan fingerprint density at radius 2 is 0.945 bits per heavy atom. The Morgan fingerprint density at radius 3 is 1.40 bits per heavy atom. The van der Waals surface area contributed by atoms with Crippen molar-refractivity contribution in [3.05, 3.63) is 109 Å². The van der Waals surface area contributed by atoms with Gasteiger partial charge in [0, 0.05) is 19.4 Å². The first kappa shape index (κ1) is 51.7. The van der Waals surface area contributed by atoms with Crippen LogP contribution in [0.15, 0.2) is 109 Å². The molecule has 0 saturated carbocycles. The first-order chi connectivity index (χ1) is 26.8. The average molecular weight is 786 g/mol. The summed E-state index contributed by atoms with van der Waals surface area (Å²) < 4.78 is 32.6. The number of hydrogen-bond acceptors (Lipinski definition) is 8. The van der Waals surface area contributed by atoms with Gasteiger partial charge in [-0.05, 0) is 96.3 Å². The molecule has 0 spiro atoms. The van der Waals surface area contributed by atoms with Crippen molar-refractivity contribution in [2.75, 3.05) is 26.4 Å². The molecule has 2 atom stereocenters. The van der Waals surface area contributed by atoms with Gasteiger partial charge in [-0.25, -0.2) is 4.57 Å². The van der Waals surface area contributed by atoms with Gasteiger partial charge in [0.25, 0.3) is 0 Å². The molecule has 0 heterocycles. The van der Waals surface area contributed by atoms with Gasteiger partial charge in [-0.1, -0.05) is 130 Å². The Labute approximate surface area is 333 Å². The molecule has 0 aliphatic rings. The first-order valence-electron chi connectivity index (χ1n) is 20.4. The van der Waals surface area contributed by atoms with Crippen molar-refractivity contribution in [1.82, 2.24) is 0 Å². The van der Waals surface area contributed by atoms with E-state index in [2.05, 4.69) is 123 Å². The zero-order chi connectivity index (χ0) is 40.3. The molecule has 0 aromatic rings. The van der Waals surface area contributed by atoms with Crippen LogP contribution in [0.4, 0.5) is 0 Å². The predicted molar refractivity (Wildman–Crippen MR) is 228 cm³/mol. The molecule has 10 heteroatoms. The minimum absolute atomic E-state index is 0.0350. The third-order valence-corrected chi connectivity index (χ3v) is 8.64. The Balaban J connectivity index is 4.36. The molecular formula is C45H72NO8P. The summed E-state index contributed by atoms with van der Waals surface area (Å²) in [5.41, 5.74) is 5.33. The summed E-state index contributed by atoms with van der Waals surface area (Å²) in [5.74, 6) is -0.930. The fourth-order valence-electron chi connectivity index (χ4n) is 4.71. The number of phosphoric acid groups is 1. The SMILES string of the molecule is CCC=CCC=CCC=CCC=CCC=CCCCCCC(=O)O[C@H](COC(=O)CCCCC=CCC=CCC=CCC=CCC)COP(=O)(O)OCCN. The Bertz CT molecular complexity index is 1260. The van der Waals surface area contributed by atoms with E-state index in [0.29, 0.717) is 12.8 Å². The number of nitrogens with two attached hydrogens (primary N) is 1. The number of carbonyl (C=O) groups excluding carboxylic acids is 2. The topological polar surface area (TPSA) is 134 Å². The van der Waals surface area contributed by atoms with E-state index in [1.54, 1.807) is 0 Å². The average Bonchev–Trinajstić information content (AvgIpc) is 3.17. The molecule has 1 unspecified atom stereocenters. The van der Waals surface area contributed by atoms with Crippen molar-refractivity contribution in [3.8, 4) is 0 Å². The third kappa shape index (κ3) is 40.2. The van der Waals surface area contributed by atoms with Crippen LogP contribution >= 0.6 is 7.82 Å². The number of hydrogen-bond donors (Lipinski definition) is 2. The second-order valence-corrected chi connectivity index (χ2v) is 14.2. The summed E-state index contributed by atoms with van der Waals surface area (Å²) in [6.45, 7) is 3.37. The lowest BCUT2D eigenvalue weighted by molar-refractivity contribution is -0.161. The van der Waals surface area contributed by atoms with Crippen molar-refractivity contribution in [2.24, 2.45) is 5.73 Å². The van der Waals surface area contributed by atoms with Gasteiger partial charge in [0.2, 0.25) is 0 Å². The lowest BCUT2D eigenvalue weighted by atomic mass is 10.1. The van der Waals surface area contributed by atoms with E-state index in [9.17, 15) is 19.0 Å². The number of esters is 2. The van der Waals surface area contributed by atoms with Crippen LogP contribution in [0.3, 0.4) is 0 Å².